The van der Waals surface area contributed by atoms with E-state index in [1.165, 1.54) is 0 Å². The number of imidazole rings is 1. The van der Waals surface area contributed by atoms with Crippen molar-refractivity contribution >= 4 is 21.8 Å². The Balaban J connectivity index is 2.04. The second-order valence-corrected chi connectivity index (χ2v) is 4.46. The Hall–Kier alpha value is -1.56. The number of nitrogens with one attached hydrogen (secondary N) is 2. The number of amides is 1. The summed E-state index contributed by atoms with van der Waals surface area (Å²) in [4.78, 5) is 18.9. The van der Waals surface area contributed by atoms with Gasteiger partial charge >= 0.3 is 0 Å². The van der Waals surface area contributed by atoms with E-state index in [0.29, 0.717) is 12.2 Å². The molecule has 0 radical (unpaired) electrons. The van der Waals surface area contributed by atoms with Crippen molar-refractivity contribution in [1.29, 1.82) is 0 Å². The van der Waals surface area contributed by atoms with Gasteiger partial charge in [-0.05, 0) is 28.9 Å². The van der Waals surface area contributed by atoms with Gasteiger partial charge in [0.2, 0.25) is 0 Å². The molecule has 0 bridgehead atoms. The summed E-state index contributed by atoms with van der Waals surface area (Å²) < 4.78 is 2.80. The van der Waals surface area contributed by atoms with Gasteiger partial charge in [-0.3, -0.25) is 4.79 Å². The molecule has 0 unspecified atom stereocenters. The zero-order valence-electron chi connectivity index (χ0n) is 9.40. The molecule has 2 rings (SSSR count). The Morgan fingerprint density at radius 3 is 3.12 bits per heavy atom. The summed E-state index contributed by atoms with van der Waals surface area (Å²) in [5.74, 6) is 0.640. The molecule has 5 nitrogen and oxygen atoms in total. The number of hydrogen-bond acceptors (Lipinski definition) is 2. The highest BCUT2D eigenvalue weighted by Crippen LogP contribution is 2.14. The van der Waals surface area contributed by atoms with E-state index in [0.717, 1.165) is 16.8 Å². The lowest BCUT2D eigenvalue weighted by atomic mass is 10.4. The van der Waals surface area contributed by atoms with E-state index in [1.54, 1.807) is 18.5 Å². The van der Waals surface area contributed by atoms with Crippen molar-refractivity contribution in [3.63, 3.8) is 0 Å². The van der Waals surface area contributed by atoms with Crippen molar-refractivity contribution in [2.75, 3.05) is 0 Å². The number of hydrogen-bond donors (Lipinski definition) is 2. The summed E-state index contributed by atoms with van der Waals surface area (Å²) in [5.41, 5.74) is 0.644. The fraction of sp³-hybridized carbons (Fsp3) is 0.273. The molecular weight excluding hydrogens is 284 g/mol. The van der Waals surface area contributed by atoms with E-state index in [9.17, 15) is 4.79 Å². The number of aromatic amines is 1. The molecule has 0 saturated heterocycles. The maximum absolute atomic E-state index is 11.9. The van der Waals surface area contributed by atoms with Gasteiger partial charge in [0.25, 0.3) is 5.91 Å². The van der Waals surface area contributed by atoms with Crippen LogP contribution in [0.5, 0.6) is 0 Å². The minimum Gasteiger partial charge on any atom is -0.347 e. The van der Waals surface area contributed by atoms with Crippen molar-refractivity contribution in [3.8, 4) is 0 Å². The summed E-state index contributed by atoms with van der Waals surface area (Å²) in [5, 5.41) is 2.82. The molecule has 17 heavy (non-hydrogen) atoms. The average molecular weight is 297 g/mol. The molecular formula is C11H13BrN4O. The molecule has 90 valence electrons. The van der Waals surface area contributed by atoms with Crippen LogP contribution in [0.3, 0.4) is 0 Å². The predicted octanol–water partition coefficient (Wildman–Crippen LogP) is 1.92. The van der Waals surface area contributed by atoms with Crippen LogP contribution in [0, 0.1) is 0 Å². The van der Waals surface area contributed by atoms with Gasteiger partial charge in [0.1, 0.15) is 11.5 Å². The molecule has 0 aliphatic carbocycles. The number of carbonyl (C=O) groups excluding carboxylic acids is 1. The van der Waals surface area contributed by atoms with Crippen molar-refractivity contribution in [3.05, 3.63) is 40.6 Å². The summed E-state index contributed by atoms with van der Waals surface area (Å²) in [7, 11) is 0. The number of H-pyrrole nitrogens is 1. The summed E-state index contributed by atoms with van der Waals surface area (Å²) in [6, 6.07) is 1.81. The molecule has 2 N–H and O–H groups in total. The Labute approximate surface area is 107 Å². The maximum Gasteiger partial charge on any atom is 0.268 e. The third kappa shape index (κ3) is 2.76. The number of aryl methyl sites for hydroxylation is 1. The first-order valence-electron chi connectivity index (χ1n) is 5.33. The normalized spacial score (nSPS) is 10.5. The van der Waals surface area contributed by atoms with Crippen LogP contribution < -0.4 is 5.32 Å². The molecule has 2 aromatic heterocycles. The van der Waals surface area contributed by atoms with E-state index in [2.05, 4.69) is 31.2 Å². The third-order valence-electron chi connectivity index (χ3n) is 2.41. The molecule has 0 aliphatic rings. The first-order valence-corrected chi connectivity index (χ1v) is 6.12. The molecule has 2 aromatic rings. The molecule has 1 amide bonds. The zero-order valence-corrected chi connectivity index (χ0v) is 11.0. The topological polar surface area (TPSA) is 62.7 Å². The smallest absolute Gasteiger partial charge is 0.268 e. The molecule has 0 atom stereocenters. The number of halogens is 1. The van der Waals surface area contributed by atoms with E-state index in [1.807, 2.05) is 17.7 Å². The fourth-order valence-corrected chi connectivity index (χ4v) is 2.04. The average Bonchev–Trinajstić information content (AvgIpc) is 2.94. The van der Waals surface area contributed by atoms with Crippen LogP contribution in [-0.2, 0) is 13.1 Å². The first kappa shape index (κ1) is 11.9. The number of carbonyl (C=O) groups is 1. The molecule has 6 heteroatoms. The first-order chi connectivity index (χ1) is 8.20. The van der Waals surface area contributed by atoms with Gasteiger partial charge in [0, 0.05) is 29.6 Å². The van der Waals surface area contributed by atoms with Crippen molar-refractivity contribution in [2.24, 2.45) is 0 Å². The molecule has 0 spiro atoms. The van der Waals surface area contributed by atoms with Crippen LogP contribution in [0.1, 0.15) is 23.2 Å². The number of nitrogens with zero attached hydrogens (tertiary/aromatic N) is 2. The number of rotatable bonds is 4. The van der Waals surface area contributed by atoms with E-state index in [4.69, 9.17) is 0 Å². The molecule has 0 aromatic carbocycles. The van der Waals surface area contributed by atoms with Gasteiger partial charge < -0.3 is 14.9 Å². The fourth-order valence-electron chi connectivity index (χ4n) is 1.58. The minimum atomic E-state index is -0.103. The lowest BCUT2D eigenvalue weighted by Crippen LogP contribution is -2.25. The van der Waals surface area contributed by atoms with Crippen LogP contribution in [0.2, 0.25) is 0 Å². The van der Waals surface area contributed by atoms with E-state index in [-0.39, 0.29) is 5.91 Å². The molecule has 0 fully saturated rings. The van der Waals surface area contributed by atoms with Gasteiger partial charge in [-0.1, -0.05) is 0 Å². The highest BCUT2D eigenvalue weighted by Gasteiger charge is 2.11. The number of aromatic nitrogens is 3. The Morgan fingerprint density at radius 1 is 1.65 bits per heavy atom. The maximum atomic E-state index is 11.9. The SMILES string of the molecule is CCn1cc(Br)cc1C(=O)NCc1ncc[nH]1. The van der Waals surface area contributed by atoms with Crippen LogP contribution in [0.4, 0.5) is 0 Å². The van der Waals surface area contributed by atoms with Crippen LogP contribution in [-0.4, -0.2) is 20.4 Å². The van der Waals surface area contributed by atoms with Crippen molar-refractivity contribution in [2.45, 2.75) is 20.0 Å². The summed E-state index contributed by atoms with van der Waals surface area (Å²) in [6.45, 7) is 3.16. The van der Waals surface area contributed by atoms with Gasteiger partial charge in [-0.15, -0.1) is 0 Å². The van der Waals surface area contributed by atoms with Crippen LogP contribution in [0.15, 0.2) is 29.1 Å². The lowest BCUT2D eigenvalue weighted by Gasteiger charge is -2.06. The Kier molecular flexibility index (Phi) is 3.63. The van der Waals surface area contributed by atoms with Crippen molar-refractivity contribution in [1.82, 2.24) is 19.9 Å². The van der Waals surface area contributed by atoms with Crippen LogP contribution >= 0.6 is 15.9 Å². The van der Waals surface area contributed by atoms with Gasteiger partial charge in [0.05, 0.1) is 6.54 Å². The summed E-state index contributed by atoms with van der Waals surface area (Å²) >= 11 is 3.36. The standard InChI is InChI=1S/C11H13BrN4O/c1-2-16-7-8(12)5-9(16)11(17)15-6-10-13-3-4-14-10/h3-5,7H,2,6H2,1H3,(H,13,14)(H,15,17). The molecule has 0 aliphatic heterocycles. The Morgan fingerprint density at radius 2 is 2.47 bits per heavy atom. The zero-order chi connectivity index (χ0) is 12.3. The lowest BCUT2D eigenvalue weighted by molar-refractivity contribution is 0.0941. The van der Waals surface area contributed by atoms with Crippen molar-refractivity contribution < 1.29 is 4.79 Å². The second-order valence-electron chi connectivity index (χ2n) is 3.55. The summed E-state index contributed by atoms with van der Waals surface area (Å²) in [6.07, 6.45) is 5.28. The Bertz CT molecular complexity index is 504. The van der Waals surface area contributed by atoms with Crippen LogP contribution in [0.25, 0.3) is 0 Å². The van der Waals surface area contributed by atoms with E-state index < -0.39 is 0 Å². The predicted molar refractivity (Wildman–Crippen MR) is 67.6 cm³/mol. The largest absolute Gasteiger partial charge is 0.347 e. The van der Waals surface area contributed by atoms with Gasteiger partial charge in [-0.2, -0.15) is 0 Å². The third-order valence-corrected chi connectivity index (χ3v) is 2.84. The highest BCUT2D eigenvalue weighted by atomic mass is 79.9. The molecule has 2 heterocycles. The van der Waals surface area contributed by atoms with Gasteiger partial charge in [-0.25, -0.2) is 4.98 Å². The van der Waals surface area contributed by atoms with Gasteiger partial charge in [0.15, 0.2) is 0 Å². The minimum absolute atomic E-state index is 0.103. The van der Waals surface area contributed by atoms with E-state index >= 15 is 0 Å². The second kappa shape index (κ2) is 5.18. The highest BCUT2D eigenvalue weighted by molar-refractivity contribution is 9.10. The quantitative estimate of drug-likeness (QED) is 0.905. The monoisotopic (exact) mass is 296 g/mol. The molecule has 0 saturated carbocycles.